The standard InChI is InChI=1S/C16H13FO/c1-10-6-12(8-13(17)7-10)15-9-11-4-2-3-5-14(11)16(15)18/h2-8,15H,9H2,1H3. The summed E-state index contributed by atoms with van der Waals surface area (Å²) in [6.07, 6.45) is 0.678. The SMILES string of the molecule is Cc1cc(F)cc(C2Cc3ccccc3C2=O)c1. The lowest BCUT2D eigenvalue weighted by atomic mass is 9.94. The molecule has 1 aliphatic rings. The van der Waals surface area contributed by atoms with E-state index >= 15 is 0 Å². The van der Waals surface area contributed by atoms with Gasteiger partial charge in [0.1, 0.15) is 5.82 Å². The average molecular weight is 240 g/mol. The van der Waals surface area contributed by atoms with E-state index in [2.05, 4.69) is 0 Å². The molecule has 0 radical (unpaired) electrons. The zero-order valence-electron chi connectivity index (χ0n) is 10.1. The highest BCUT2D eigenvalue weighted by molar-refractivity contribution is 6.05. The van der Waals surface area contributed by atoms with Crippen molar-refractivity contribution in [3.05, 3.63) is 70.5 Å². The zero-order valence-corrected chi connectivity index (χ0v) is 10.1. The molecule has 0 saturated heterocycles. The van der Waals surface area contributed by atoms with Crippen molar-refractivity contribution in [2.45, 2.75) is 19.3 Å². The van der Waals surface area contributed by atoms with Crippen molar-refractivity contribution in [3.8, 4) is 0 Å². The van der Waals surface area contributed by atoms with Gasteiger partial charge in [0, 0.05) is 5.56 Å². The number of ketones is 1. The Morgan fingerprint density at radius 1 is 1.17 bits per heavy atom. The molecular weight excluding hydrogens is 227 g/mol. The number of aryl methyl sites for hydroxylation is 1. The van der Waals surface area contributed by atoms with E-state index in [1.165, 1.54) is 12.1 Å². The van der Waals surface area contributed by atoms with E-state index in [-0.39, 0.29) is 17.5 Å². The van der Waals surface area contributed by atoms with Gasteiger partial charge in [0.15, 0.2) is 5.78 Å². The molecule has 0 saturated carbocycles. The van der Waals surface area contributed by atoms with Crippen molar-refractivity contribution in [3.63, 3.8) is 0 Å². The first-order valence-corrected chi connectivity index (χ1v) is 6.04. The molecule has 18 heavy (non-hydrogen) atoms. The Bertz CT molecular complexity index is 610. The summed E-state index contributed by atoms with van der Waals surface area (Å²) in [5.74, 6) is -0.388. The van der Waals surface area contributed by atoms with Crippen molar-refractivity contribution in [1.29, 1.82) is 0 Å². The average Bonchev–Trinajstić information content (AvgIpc) is 2.66. The van der Waals surface area contributed by atoms with Crippen LogP contribution in [0.1, 0.15) is 33.0 Å². The second-order valence-corrected chi connectivity index (χ2v) is 4.84. The van der Waals surface area contributed by atoms with Crippen LogP contribution in [0.2, 0.25) is 0 Å². The predicted octanol–water partition coefficient (Wildman–Crippen LogP) is 3.66. The number of hydrogen-bond donors (Lipinski definition) is 0. The van der Waals surface area contributed by atoms with Crippen LogP contribution in [-0.4, -0.2) is 5.78 Å². The number of fused-ring (bicyclic) bond motifs is 1. The fourth-order valence-electron chi connectivity index (χ4n) is 2.67. The quantitative estimate of drug-likeness (QED) is 0.743. The smallest absolute Gasteiger partial charge is 0.170 e. The molecule has 1 nitrogen and oxygen atoms in total. The molecule has 0 amide bonds. The Labute approximate surface area is 105 Å². The molecule has 90 valence electrons. The number of carbonyl (C=O) groups excluding carboxylic acids is 1. The van der Waals surface area contributed by atoms with E-state index in [0.717, 1.165) is 22.3 Å². The van der Waals surface area contributed by atoms with Crippen LogP contribution in [0.3, 0.4) is 0 Å². The third kappa shape index (κ3) is 1.74. The minimum Gasteiger partial charge on any atom is -0.293 e. The van der Waals surface area contributed by atoms with Crippen LogP contribution in [0.15, 0.2) is 42.5 Å². The van der Waals surface area contributed by atoms with Gasteiger partial charge in [-0.2, -0.15) is 0 Å². The van der Waals surface area contributed by atoms with E-state index in [1.807, 2.05) is 37.3 Å². The highest BCUT2D eigenvalue weighted by atomic mass is 19.1. The largest absolute Gasteiger partial charge is 0.293 e. The minimum atomic E-state index is -0.270. The lowest BCUT2D eigenvalue weighted by Gasteiger charge is -2.09. The van der Waals surface area contributed by atoms with Crippen LogP contribution in [0.5, 0.6) is 0 Å². The molecule has 0 fully saturated rings. The number of Topliss-reactive ketones (excluding diaryl/α,β-unsaturated/α-hetero) is 1. The summed E-state index contributed by atoms with van der Waals surface area (Å²) in [6, 6.07) is 12.5. The fraction of sp³-hybridized carbons (Fsp3) is 0.188. The van der Waals surface area contributed by atoms with Gasteiger partial charge in [0.25, 0.3) is 0 Å². The first kappa shape index (κ1) is 11.1. The highest BCUT2D eigenvalue weighted by Gasteiger charge is 2.31. The van der Waals surface area contributed by atoms with E-state index < -0.39 is 0 Å². The number of hydrogen-bond acceptors (Lipinski definition) is 1. The Morgan fingerprint density at radius 2 is 1.94 bits per heavy atom. The van der Waals surface area contributed by atoms with Crippen LogP contribution < -0.4 is 0 Å². The van der Waals surface area contributed by atoms with Gasteiger partial charge in [-0.3, -0.25) is 4.79 Å². The third-order valence-corrected chi connectivity index (χ3v) is 3.49. The minimum absolute atomic E-state index is 0.107. The highest BCUT2D eigenvalue weighted by Crippen LogP contribution is 2.34. The third-order valence-electron chi connectivity index (χ3n) is 3.49. The van der Waals surface area contributed by atoms with Gasteiger partial charge < -0.3 is 0 Å². The van der Waals surface area contributed by atoms with Crippen LogP contribution in [0.25, 0.3) is 0 Å². The van der Waals surface area contributed by atoms with Gasteiger partial charge in [-0.1, -0.05) is 30.3 Å². The summed E-state index contributed by atoms with van der Waals surface area (Å²) >= 11 is 0. The summed E-state index contributed by atoms with van der Waals surface area (Å²) in [5, 5.41) is 0. The van der Waals surface area contributed by atoms with Crippen molar-refractivity contribution >= 4 is 5.78 Å². The summed E-state index contributed by atoms with van der Waals surface area (Å²) < 4.78 is 13.4. The molecule has 0 spiro atoms. The molecular formula is C16H13FO. The molecule has 0 N–H and O–H groups in total. The van der Waals surface area contributed by atoms with Gasteiger partial charge in [-0.05, 0) is 42.2 Å². The Morgan fingerprint density at radius 3 is 2.67 bits per heavy atom. The summed E-state index contributed by atoms with van der Waals surface area (Å²) in [7, 11) is 0. The first-order valence-electron chi connectivity index (χ1n) is 6.04. The van der Waals surface area contributed by atoms with E-state index in [0.29, 0.717) is 6.42 Å². The molecule has 2 aromatic carbocycles. The van der Waals surface area contributed by atoms with Crippen molar-refractivity contribution in [2.75, 3.05) is 0 Å². The van der Waals surface area contributed by atoms with Gasteiger partial charge in [-0.15, -0.1) is 0 Å². The van der Waals surface area contributed by atoms with Crippen LogP contribution >= 0.6 is 0 Å². The summed E-state index contributed by atoms with van der Waals surface area (Å²) in [4.78, 5) is 12.3. The topological polar surface area (TPSA) is 17.1 Å². The second-order valence-electron chi connectivity index (χ2n) is 4.84. The van der Waals surface area contributed by atoms with Crippen LogP contribution in [-0.2, 0) is 6.42 Å². The first-order chi connectivity index (χ1) is 8.65. The predicted molar refractivity (Wildman–Crippen MR) is 68.4 cm³/mol. The number of halogens is 1. The Kier molecular flexibility index (Phi) is 2.51. The molecule has 2 heteroatoms. The Balaban J connectivity index is 2.04. The second kappa shape index (κ2) is 4.05. The van der Waals surface area contributed by atoms with Crippen molar-refractivity contribution in [1.82, 2.24) is 0 Å². The molecule has 3 rings (SSSR count). The fourth-order valence-corrected chi connectivity index (χ4v) is 2.67. The monoisotopic (exact) mass is 240 g/mol. The maximum absolute atomic E-state index is 13.4. The molecule has 2 aromatic rings. The normalized spacial score (nSPS) is 17.9. The molecule has 1 unspecified atom stereocenters. The molecule has 0 aromatic heterocycles. The van der Waals surface area contributed by atoms with E-state index in [1.54, 1.807) is 0 Å². The van der Waals surface area contributed by atoms with Crippen molar-refractivity contribution < 1.29 is 9.18 Å². The molecule has 0 heterocycles. The molecule has 1 atom stereocenters. The van der Waals surface area contributed by atoms with Crippen LogP contribution in [0, 0.1) is 12.7 Å². The molecule has 0 aliphatic heterocycles. The van der Waals surface area contributed by atoms with Crippen LogP contribution in [0.4, 0.5) is 4.39 Å². The van der Waals surface area contributed by atoms with Gasteiger partial charge in [0.05, 0.1) is 5.92 Å². The number of rotatable bonds is 1. The number of benzene rings is 2. The maximum atomic E-state index is 13.4. The number of carbonyl (C=O) groups is 1. The Hall–Kier alpha value is -1.96. The van der Waals surface area contributed by atoms with Gasteiger partial charge >= 0.3 is 0 Å². The van der Waals surface area contributed by atoms with Gasteiger partial charge in [0.2, 0.25) is 0 Å². The van der Waals surface area contributed by atoms with E-state index in [4.69, 9.17) is 0 Å². The molecule has 0 bridgehead atoms. The lowest BCUT2D eigenvalue weighted by Crippen LogP contribution is -2.07. The summed E-state index contributed by atoms with van der Waals surface area (Å²) in [5.41, 5.74) is 3.49. The van der Waals surface area contributed by atoms with E-state index in [9.17, 15) is 9.18 Å². The summed E-state index contributed by atoms with van der Waals surface area (Å²) in [6.45, 7) is 1.85. The van der Waals surface area contributed by atoms with Crippen molar-refractivity contribution in [2.24, 2.45) is 0 Å². The molecule has 1 aliphatic carbocycles. The van der Waals surface area contributed by atoms with Gasteiger partial charge in [-0.25, -0.2) is 4.39 Å². The maximum Gasteiger partial charge on any atom is 0.170 e. The lowest BCUT2D eigenvalue weighted by molar-refractivity contribution is 0.0973. The zero-order chi connectivity index (χ0) is 12.7.